The maximum absolute atomic E-state index is 12.2. The molecular formula is C15H23N3O2. The molecule has 1 aromatic carbocycles. The van der Waals surface area contributed by atoms with Gasteiger partial charge in [-0.15, -0.1) is 0 Å². The molecule has 0 bridgehead atoms. The summed E-state index contributed by atoms with van der Waals surface area (Å²) in [5.74, 6) is -0.374. The lowest BCUT2D eigenvalue weighted by Crippen LogP contribution is -2.53. The van der Waals surface area contributed by atoms with E-state index < -0.39 is 6.04 Å². The normalized spacial score (nSPS) is 13.7. The molecule has 1 rings (SSSR count). The number of nitrogens with one attached hydrogen (secondary N) is 2. The van der Waals surface area contributed by atoms with Crippen molar-refractivity contribution < 1.29 is 9.59 Å². The number of amides is 2. The minimum absolute atomic E-state index is 0.0580. The topological polar surface area (TPSA) is 61.4 Å². The standard InChI is InChI=1S/C15H23N3O2/c1-5-11(2)13(15(20)17-18(3)4)16-14(19)12-9-7-6-8-10-12/h6-11,13H,5H2,1-4H3,(H,16,19)(H,17,20)/t11-,13-/m0/s1. The van der Waals surface area contributed by atoms with Gasteiger partial charge in [0.2, 0.25) is 0 Å². The lowest BCUT2D eigenvalue weighted by Gasteiger charge is -2.25. The van der Waals surface area contributed by atoms with Crippen LogP contribution in [-0.2, 0) is 4.79 Å². The highest BCUT2D eigenvalue weighted by atomic mass is 16.2. The van der Waals surface area contributed by atoms with E-state index in [-0.39, 0.29) is 17.7 Å². The molecule has 0 saturated carbocycles. The SMILES string of the molecule is CC[C@H](C)[C@H](NC(=O)c1ccccc1)C(=O)NN(C)C. The van der Waals surface area contributed by atoms with Crippen molar-refractivity contribution in [2.45, 2.75) is 26.3 Å². The summed E-state index contributed by atoms with van der Waals surface area (Å²) in [6, 6.07) is 8.36. The Morgan fingerprint density at radius 3 is 2.30 bits per heavy atom. The Hall–Kier alpha value is -1.88. The second kappa shape index (κ2) is 7.65. The molecule has 5 heteroatoms. The summed E-state index contributed by atoms with van der Waals surface area (Å²) in [6.45, 7) is 3.94. The quantitative estimate of drug-likeness (QED) is 0.773. The highest BCUT2D eigenvalue weighted by Gasteiger charge is 2.26. The molecule has 2 atom stereocenters. The molecule has 0 aliphatic heterocycles. The molecule has 5 nitrogen and oxygen atoms in total. The Bertz CT molecular complexity index is 446. The summed E-state index contributed by atoms with van der Waals surface area (Å²) in [5, 5.41) is 4.39. The molecule has 0 aromatic heterocycles. The van der Waals surface area contributed by atoms with E-state index in [1.807, 2.05) is 19.9 Å². The summed E-state index contributed by atoms with van der Waals surface area (Å²) >= 11 is 0. The van der Waals surface area contributed by atoms with E-state index in [9.17, 15) is 9.59 Å². The first-order chi connectivity index (χ1) is 9.45. The van der Waals surface area contributed by atoms with Crippen LogP contribution in [0, 0.1) is 5.92 Å². The van der Waals surface area contributed by atoms with Crippen LogP contribution in [0.4, 0.5) is 0 Å². The van der Waals surface area contributed by atoms with Gasteiger partial charge in [-0.05, 0) is 18.1 Å². The van der Waals surface area contributed by atoms with Crippen molar-refractivity contribution >= 4 is 11.8 Å². The highest BCUT2D eigenvalue weighted by Crippen LogP contribution is 2.09. The zero-order chi connectivity index (χ0) is 15.1. The Morgan fingerprint density at radius 1 is 1.20 bits per heavy atom. The largest absolute Gasteiger partial charge is 0.340 e. The number of hydrazine groups is 1. The van der Waals surface area contributed by atoms with Crippen LogP contribution in [0.15, 0.2) is 30.3 Å². The van der Waals surface area contributed by atoms with Gasteiger partial charge in [0.1, 0.15) is 6.04 Å². The molecule has 0 saturated heterocycles. The van der Waals surface area contributed by atoms with Crippen LogP contribution in [-0.4, -0.2) is 37.0 Å². The first-order valence-corrected chi connectivity index (χ1v) is 6.79. The summed E-state index contributed by atoms with van der Waals surface area (Å²) in [6.07, 6.45) is 0.806. The van der Waals surface area contributed by atoms with Crippen LogP contribution in [0.5, 0.6) is 0 Å². The minimum Gasteiger partial charge on any atom is -0.340 e. The Morgan fingerprint density at radius 2 is 1.80 bits per heavy atom. The van der Waals surface area contributed by atoms with Gasteiger partial charge in [-0.1, -0.05) is 38.5 Å². The van der Waals surface area contributed by atoms with Gasteiger partial charge in [0.25, 0.3) is 11.8 Å². The second-order valence-electron chi connectivity index (χ2n) is 5.07. The molecule has 2 N–H and O–H groups in total. The van der Waals surface area contributed by atoms with Gasteiger partial charge in [0.15, 0.2) is 0 Å². The van der Waals surface area contributed by atoms with E-state index in [1.54, 1.807) is 43.4 Å². The van der Waals surface area contributed by atoms with Gasteiger partial charge in [-0.2, -0.15) is 0 Å². The van der Waals surface area contributed by atoms with E-state index in [1.165, 1.54) is 0 Å². The predicted molar refractivity (Wildman–Crippen MR) is 79.0 cm³/mol. The van der Waals surface area contributed by atoms with Crippen LogP contribution in [0.25, 0.3) is 0 Å². The predicted octanol–water partition coefficient (Wildman–Crippen LogP) is 1.42. The third-order valence-electron chi connectivity index (χ3n) is 3.15. The summed E-state index contributed by atoms with van der Waals surface area (Å²) in [5.41, 5.74) is 3.25. The van der Waals surface area contributed by atoms with E-state index in [0.717, 1.165) is 6.42 Å². The number of benzene rings is 1. The molecule has 0 unspecified atom stereocenters. The molecule has 20 heavy (non-hydrogen) atoms. The first-order valence-electron chi connectivity index (χ1n) is 6.79. The fraction of sp³-hybridized carbons (Fsp3) is 0.467. The number of hydrogen-bond donors (Lipinski definition) is 2. The number of hydrogen-bond acceptors (Lipinski definition) is 3. The van der Waals surface area contributed by atoms with Crippen molar-refractivity contribution in [1.82, 2.24) is 15.8 Å². The molecule has 2 amide bonds. The fourth-order valence-corrected chi connectivity index (χ4v) is 1.81. The molecule has 0 aliphatic rings. The zero-order valence-corrected chi connectivity index (χ0v) is 12.5. The minimum atomic E-state index is -0.546. The van der Waals surface area contributed by atoms with Gasteiger partial charge in [-0.25, -0.2) is 5.01 Å². The maximum Gasteiger partial charge on any atom is 0.257 e. The molecule has 0 fully saturated rings. The third-order valence-corrected chi connectivity index (χ3v) is 3.15. The first kappa shape index (κ1) is 16.2. The second-order valence-corrected chi connectivity index (χ2v) is 5.07. The van der Waals surface area contributed by atoms with E-state index in [4.69, 9.17) is 0 Å². The van der Waals surface area contributed by atoms with E-state index >= 15 is 0 Å². The molecular weight excluding hydrogens is 254 g/mol. The van der Waals surface area contributed by atoms with Crippen LogP contribution in [0.2, 0.25) is 0 Å². The molecule has 0 radical (unpaired) electrons. The summed E-state index contributed by atoms with van der Waals surface area (Å²) < 4.78 is 0. The molecule has 1 aromatic rings. The number of carbonyl (C=O) groups is 2. The van der Waals surface area contributed by atoms with Crippen LogP contribution < -0.4 is 10.7 Å². The summed E-state index contributed by atoms with van der Waals surface area (Å²) in [7, 11) is 3.48. The average Bonchev–Trinajstić information content (AvgIpc) is 2.43. The lowest BCUT2D eigenvalue weighted by atomic mass is 9.98. The van der Waals surface area contributed by atoms with Gasteiger partial charge in [-0.3, -0.25) is 15.0 Å². The molecule has 0 heterocycles. The van der Waals surface area contributed by atoms with E-state index in [0.29, 0.717) is 5.56 Å². The maximum atomic E-state index is 12.2. The highest BCUT2D eigenvalue weighted by molar-refractivity contribution is 5.97. The van der Waals surface area contributed by atoms with Crippen LogP contribution in [0.3, 0.4) is 0 Å². The summed E-state index contributed by atoms with van der Waals surface area (Å²) in [4.78, 5) is 24.3. The molecule has 0 aliphatic carbocycles. The van der Waals surface area contributed by atoms with Crippen molar-refractivity contribution in [3.05, 3.63) is 35.9 Å². The molecule has 110 valence electrons. The fourth-order valence-electron chi connectivity index (χ4n) is 1.81. The van der Waals surface area contributed by atoms with E-state index in [2.05, 4.69) is 10.7 Å². The van der Waals surface area contributed by atoms with Crippen molar-refractivity contribution in [2.24, 2.45) is 5.92 Å². The van der Waals surface area contributed by atoms with Crippen molar-refractivity contribution in [3.8, 4) is 0 Å². The zero-order valence-electron chi connectivity index (χ0n) is 12.5. The van der Waals surface area contributed by atoms with Gasteiger partial charge in [0.05, 0.1) is 0 Å². The Labute approximate surface area is 120 Å². The number of rotatable bonds is 6. The lowest BCUT2D eigenvalue weighted by molar-refractivity contribution is -0.127. The third kappa shape index (κ3) is 4.66. The smallest absolute Gasteiger partial charge is 0.257 e. The monoisotopic (exact) mass is 277 g/mol. The van der Waals surface area contributed by atoms with Crippen molar-refractivity contribution in [3.63, 3.8) is 0 Å². The van der Waals surface area contributed by atoms with Gasteiger partial charge in [0, 0.05) is 19.7 Å². The Kier molecular flexibility index (Phi) is 6.18. The van der Waals surface area contributed by atoms with Crippen LogP contribution in [0.1, 0.15) is 30.6 Å². The number of carbonyl (C=O) groups excluding carboxylic acids is 2. The average molecular weight is 277 g/mol. The van der Waals surface area contributed by atoms with Crippen molar-refractivity contribution in [2.75, 3.05) is 14.1 Å². The van der Waals surface area contributed by atoms with Crippen molar-refractivity contribution in [1.29, 1.82) is 0 Å². The molecule has 0 spiro atoms. The van der Waals surface area contributed by atoms with Gasteiger partial charge >= 0.3 is 0 Å². The number of nitrogens with zero attached hydrogens (tertiary/aromatic N) is 1. The van der Waals surface area contributed by atoms with Crippen LogP contribution >= 0.6 is 0 Å². The van der Waals surface area contributed by atoms with Gasteiger partial charge < -0.3 is 5.32 Å². The Balaban J connectivity index is 2.80.